The molecule has 0 saturated carbocycles. The Morgan fingerprint density at radius 2 is 2.18 bits per heavy atom. The molecule has 17 heavy (non-hydrogen) atoms. The molecule has 0 amide bonds. The van der Waals surface area contributed by atoms with Gasteiger partial charge < -0.3 is 5.11 Å². The van der Waals surface area contributed by atoms with Crippen molar-refractivity contribution in [2.75, 3.05) is 5.75 Å². The number of carboxylic acids is 1. The Morgan fingerprint density at radius 3 is 2.76 bits per heavy atom. The van der Waals surface area contributed by atoms with Gasteiger partial charge in [-0.05, 0) is 30.5 Å². The maximum atomic E-state index is 11.0. The van der Waals surface area contributed by atoms with Gasteiger partial charge in [-0.25, -0.2) is 4.79 Å². The van der Waals surface area contributed by atoms with Crippen molar-refractivity contribution < 1.29 is 9.90 Å². The Kier molecular flexibility index (Phi) is 5.56. The number of rotatable bonds is 6. The Hall–Kier alpha value is -0.960. The van der Waals surface area contributed by atoms with E-state index in [0.29, 0.717) is 11.5 Å². The van der Waals surface area contributed by atoms with Crippen molar-refractivity contribution in [3.05, 3.63) is 29.3 Å². The van der Waals surface area contributed by atoms with Gasteiger partial charge in [-0.3, -0.25) is 0 Å². The van der Waals surface area contributed by atoms with Crippen LogP contribution in [0.5, 0.6) is 0 Å². The van der Waals surface area contributed by atoms with Crippen LogP contribution >= 0.6 is 11.8 Å². The van der Waals surface area contributed by atoms with Gasteiger partial charge in [0.25, 0.3) is 0 Å². The van der Waals surface area contributed by atoms with Crippen molar-refractivity contribution in [1.82, 2.24) is 0 Å². The summed E-state index contributed by atoms with van der Waals surface area (Å²) in [5.41, 5.74) is 1.24. The van der Waals surface area contributed by atoms with Gasteiger partial charge >= 0.3 is 5.97 Å². The Bertz CT molecular complexity index is 388. The van der Waals surface area contributed by atoms with Gasteiger partial charge in [-0.2, -0.15) is 0 Å². The molecule has 2 nitrogen and oxygen atoms in total. The quantitative estimate of drug-likeness (QED) is 0.770. The molecule has 1 N–H and O–H groups in total. The zero-order valence-electron chi connectivity index (χ0n) is 10.7. The van der Waals surface area contributed by atoms with Crippen LogP contribution in [0.4, 0.5) is 0 Å². The van der Waals surface area contributed by atoms with Crippen LogP contribution in [0, 0.1) is 12.8 Å². The second-order valence-electron chi connectivity index (χ2n) is 4.49. The summed E-state index contributed by atoms with van der Waals surface area (Å²) in [6, 6.07) is 5.67. The molecule has 0 aliphatic carbocycles. The summed E-state index contributed by atoms with van der Waals surface area (Å²) in [7, 11) is 0. The maximum Gasteiger partial charge on any atom is 0.335 e. The number of carboxylic acid groups (broad SMARTS) is 1. The third-order valence-corrected chi connectivity index (χ3v) is 4.08. The number of benzene rings is 1. The molecule has 1 unspecified atom stereocenters. The van der Waals surface area contributed by atoms with Crippen LogP contribution in [-0.4, -0.2) is 16.8 Å². The van der Waals surface area contributed by atoms with Crippen LogP contribution in [0.25, 0.3) is 0 Å². The van der Waals surface area contributed by atoms with Crippen LogP contribution in [-0.2, 0) is 0 Å². The number of thioether (sulfide) groups is 1. The summed E-state index contributed by atoms with van der Waals surface area (Å²) in [6.07, 6.45) is 2.43. The molecule has 0 saturated heterocycles. The molecule has 1 rings (SSSR count). The molecular formula is C14H20O2S. The van der Waals surface area contributed by atoms with Crippen molar-refractivity contribution in [3.63, 3.8) is 0 Å². The molecular weight excluding hydrogens is 232 g/mol. The first kappa shape index (κ1) is 14.1. The fourth-order valence-corrected chi connectivity index (χ4v) is 2.75. The van der Waals surface area contributed by atoms with Crippen molar-refractivity contribution in [2.24, 2.45) is 5.92 Å². The Labute approximate surface area is 107 Å². The first-order chi connectivity index (χ1) is 8.04. The summed E-state index contributed by atoms with van der Waals surface area (Å²) in [5.74, 6) is 0.891. The largest absolute Gasteiger partial charge is 0.478 e. The molecule has 0 aliphatic heterocycles. The first-order valence-electron chi connectivity index (χ1n) is 6.01. The zero-order valence-corrected chi connectivity index (χ0v) is 11.5. The maximum absolute atomic E-state index is 11.0. The van der Waals surface area contributed by atoms with Gasteiger partial charge in [0.15, 0.2) is 0 Å². The van der Waals surface area contributed by atoms with Crippen LogP contribution < -0.4 is 0 Å². The smallest absolute Gasteiger partial charge is 0.335 e. The third-order valence-electron chi connectivity index (χ3n) is 2.76. The average Bonchev–Trinajstić information content (AvgIpc) is 2.28. The fourth-order valence-electron chi connectivity index (χ4n) is 1.74. The fraction of sp³-hybridized carbons (Fsp3) is 0.500. The topological polar surface area (TPSA) is 37.3 Å². The van der Waals surface area contributed by atoms with E-state index in [1.807, 2.05) is 19.1 Å². The summed E-state index contributed by atoms with van der Waals surface area (Å²) in [4.78, 5) is 12.1. The van der Waals surface area contributed by atoms with E-state index in [-0.39, 0.29) is 0 Å². The molecule has 0 aromatic heterocycles. The number of aryl methyl sites for hydroxylation is 1. The molecule has 0 heterocycles. The summed E-state index contributed by atoms with van der Waals surface area (Å²) >= 11 is 1.75. The molecule has 0 fully saturated rings. The standard InChI is InChI=1S/C14H20O2S/c1-4-5-10(2)9-17-12-7-6-11(3)13(8-12)14(15)16/h6-8,10H,4-5,9H2,1-3H3,(H,15,16). The molecule has 0 bridgehead atoms. The SMILES string of the molecule is CCCC(C)CSc1ccc(C)c(C(=O)O)c1. The van der Waals surface area contributed by atoms with Gasteiger partial charge in [-0.1, -0.05) is 32.8 Å². The highest BCUT2D eigenvalue weighted by molar-refractivity contribution is 7.99. The summed E-state index contributed by atoms with van der Waals surface area (Å²) in [5, 5.41) is 9.04. The van der Waals surface area contributed by atoms with Crippen LogP contribution in [0.1, 0.15) is 42.6 Å². The van der Waals surface area contributed by atoms with E-state index in [2.05, 4.69) is 13.8 Å². The van der Waals surface area contributed by atoms with E-state index in [4.69, 9.17) is 5.11 Å². The van der Waals surface area contributed by atoms with Gasteiger partial charge in [0.2, 0.25) is 0 Å². The van der Waals surface area contributed by atoms with Gasteiger partial charge in [0.1, 0.15) is 0 Å². The van der Waals surface area contributed by atoms with E-state index >= 15 is 0 Å². The normalized spacial score (nSPS) is 12.4. The molecule has 3 heteroatoms. The van der Waals surface area contributed by atoms with Crippen molar-refractivity contribution in [1.29, 1.82) is 0 Å². The van der Waals surface area contributed by atoms with Gasteiger partial charge in [-0.15, -0.1) is 11.8 Å². The lowest BCUT2D eigenvalue weighted by molar-refractivity contribution is 0.0696. The first-order valence-corrected chi connectivity index (χ1v) is 7.00. The van der Waals surface area contributed by atoms with Crippen LogP contribution in [0.15, 0.2) is 23.1 Å². The molecule has 1 aromatic carbocycles. The number of aromatic carboxylic acids is 1. The highest BCUT2D eigenvalue weighted by Crippen LogP contribution is 2.24. The van der Waals surface area contributed by atoms with E-state index in [9.17, 15) is 4.79 Å². The predicted octanol–water partition coefficient (Wildman–Crippen LogP) is 4.22. The average molecular weight is 252 g/mol. The molecule has 1 atom stereocenters. The van der Waals surface area contributed by atoms with E-state index in [1.165, 1.54) is 12.8 Å². The third kappa shape index (κ3) is 4.43. The highest BCUT2D eigenvalue weighted by Gasteiger charge is 2.09. The molecule has 0 spiro atoms. The van der Waals surface area contributed by atoms with E-state index in [0.717, 1.165) is 16.2 Å². The number of hydrogen-bond donors (Lipinski definition) is 1. The minimum atomic E-state index is -0.841. The highest BCUT2D eigenvalue weighted by atomic mass is 32.2. The molecule has 0 radical (unpaired) electrons. The predicted molar refractivity (Wildman–Crippen MR) is 72.9 cm³/mol. The van der Waals surface area contributed by atoms with Crippen molar-refractivity contribution in [2.45, 2.75) is 38.5 Å². The second kappa shape index (κ2) is 6.70. The lowest BCUT2D eigenvalue weighted by Crippen LogP contribution is -2.01. The molecule has 0 aliphatic rings. The summed E-state index contributed by atoms with van der Waals surface area (Å²) < 4.78 is 0. The Balaban J connectivity index is 2.66. The summed E-state index contributed by atoms with van der Waals surface area (Å²) in [6.45, 7) is 6.26. The minimum Gasteiger partial charge on any atom is -0.478 e. The van der Waals surface area contributed by atoms with Crippen molar-refractivity contribution >= 4 is 17.7 Å². The minimum absolute atomic E-state index is 0.415. The van der Waals surface area contributed by atoms with E-state index in [1.54, 1.807) is 17.8 Å². The van der Waals surface area contributed by atoms with Crippen LogP contribution in [0.3, 0.4) is 0 Å². The lowest BCUT2D eigenvalue weighted by atomic mass is 10.1. The van der Waals surface area contributed by atoms with Gasteiger partial charge in [0.05, 0.1) is 5.56 Å². The lowest BCUT2D eigenvalue weighted by Gasteiger charge is -2.10. The number of hydrogen-bond acceptors (Lipinski definition) is 2. The molecule has 94 valence electrons. The van der Waals surface area contributed by atoms with Crippen LogP contribution in [0.2, 0.25) is 0 Å². The zero-order chi connectivity index (χ0) is 12.8. The monoisotopic (exact) mass is 252 g/mol. The number of carbonyl (C=O) groups is 1. The van der Waals surface area contributed by atoms with Gasteiger partial charge in [0, 0.05) is 10.6 Å². The Morgan fingerprint density at radius 1 is 1.47 bits per heavy atom. The van der Waals surface area contributed by atoms with E-state index < -0.39 is 5.97 Å². The van der Waals surface area contributed by atoms with Crippen molar-refractivity contribution in [3.8, 4) is 0 Å². The second-order valence-corrected chi connectivity index (χ2v) is 5.58. The molecule has 1 aromatic rings.